The Morgan fingerprint density at radius 2 is 1.88 bits per heavy atom. The number of aryl methyl sites for hydroxylation is 1. The molecule has 0 aromatic heterocycles. The van der Waals surface area contributed by atoms with Gasteiger partial charge in [-0.1, -0.05) is 30.3 Å². The number of amides is 1. The van der Waals surface area contributed by atoms with Crippen molar-refractivity contribution in [3.05, 3.63) is 35.9 Å². The van der Waals surface area contributed by atoms with Crippen molar-refractivity contribution in [1.82, 2.24) is 4.90 Å². The molecule has 1 aliphatic rings. The van der Waals surface area contributed by atoms with Crippen molar-refractivity contribution in [1.29, 1.82) is 0 Å². The fraction of sp³-hybridized carbons (Fsp3) is 0.500. The lowest BCUT2D eigenvalue weighted by atomic mass is 10.1. The van der Waals surface area contributed by atoms with Crippen LogP contribution in [0.2, 0.25) is 0 Å². The van der Waals surface area contributed by atoms with E-state index < -0.39 is 0 Å². The van der Waals surface area contributed by atoms with Crippen LogP contribution in [0.15, 0.2) is 30.3 Å². The Bertz CT molecular complexity index is 358. The summed E-state index contributed by atoms with van der Waals surface area (Å²) < 4.78 is 0. The van der Waals surface area contributed by atoms with E-state index in [1.165, 1.54) is 5.56 Å². The van der Waals surface area contributed by atoms with Gasteiger partial charge in [-0.25, -0.2) is 0 Å². The summed E-state index contributed by atoms with van der Waals surface area (Å²) in [5.41, 5.74) is 7.20. The van der Waals surface area contributed by atoms with Crippen LogP contribution in [0.3, 0.4) is 0 Å². The Morgan fingerprint density at radius 3 is 2.53 bits per heavy atom. The first kappa shape index (κ1) is 12.1. The minimum absolute atomic E-state index is 0.124. The highest BCUT2D eigenvalue weighted by Crippen LogP contribution is 2.11. The highest BCUT2D eigenvalue weighted by atomic mass is 16.2. The van der Waals surface area contributed by atoms with E-state index in [1.807, 2.05) is 23.1 Å². The molecule has 1 aliphatic heterocycles. The Morgan fingerprint density at radius 1 is 1.24 bits per heavy atom. The van der Waals surface area contributed by atoms with Crippen LogP contribution < -0.4 is 5.73 Å². The Hall–Kier alpha value is -1.35. The van der Waals surface area contributed by atoms with Crippen molar-refractivity contribution in [2.75, 3.05) is 13.1 Å². The molecule has 0 unspecified atom stereocenters. The first-order chi connectivity index (χ1) is 8.27. The summed E-state index contributed by atoms with van der Waals surface area (Å²) in [6.07, 6.45) is 3.86. The summed E-state index contributed by atoms with van der Waals surface area (Å²) in [6, 6.07) is 9.85. The third-order valence-electron chi connectivity index (χ3n) is 3.32. The molecule has 0 radical (unpaired) electrons. The van der Waals surface area contributed by atoms with Gasteiger partial charge in [0.05, 0.1) is 6.04 Å². The summed E-state index contributed by atoms with van der Waals surface area (Å²) in [5.74, 6) is 0.124. The normalized spacial score (nSPS) is 17.1. The van der Waals surface area contributed by atoms with Crippen LogP contribution in [-0.4, -0.2) is 29.9 Å². The second-order valence-electron chi connectivity index (χ2n) is 4.66. The van der Waals surface area contributed by atoms with E-state index in [1.54, 1.807) is 0 Å². The third kappa shape index (κ3) is 3.30. The number of benzene rings is 1. The van der Waals surface area contributed by atoms with Crippen molar-refractivity contribution in [3.63, 3.8) is 0 Å². The molecule has 1 amide bonds. The molecule has 1 fully saturated rings. The number of carbonyl (C=O) groups is 1. The van der Waals surface area contributed by atoms with E-state index in [9.17, 15) is 4.79 Å². The molecule has 0 spiro atoms. The topological polar surface area (TPSA) is 46.3 Å². The maximum atomic E-state index is 12.0. The van der Waals surface area contributed by atoms with Gasteiger partial charge in [0.25, 0.3) is 0 Å². The molecule has 1 atom stereocenters. The molecule has 1 aromatic rings. The second kappa shape index (κ2) is 5.82. The van der Waals surface area contributed by atoms with Gasteiger partial charge < -0.3 is 10.6 Å². The van der Waals surface area contributed by atoms with Crippen LogP contribution in [-0.2, 0) is 11.2 Å². The molecule has 2 rings (SSSR count). The van der Waals surface area contributed by atoms with E-state index in [-0.39, 0.29) is 11.9 Å². The molecule has 1 saturated heterocycles. The van der Waals surface area contributed by atoms with Crippen molar-refractivity contribution in [2.45, 2.75) is 31.7 Å². The van der Waals surface area contributed by atoms with Gasteiger partial charge in [0, 0.05) is 13.1 Å². The summed E-state index contributed by atoms with van der Waals surface area (Å²) >= 11 is 0. The molecule has 3 nitrogen and oxygen atoms in total. The van der Waals surface area contributed by atoms with Gasteiger partial charge in [0.1, 0.15) is 0 Å². The zero-order valence-electron chi connectivity index (χ0n) is 10.1. The van der Waals surface area contributed by atoms with Crippen LogP contribution in [0, 0.1) is 0 Å². The van der Waals surface area contributed by atoms with Gasteiger partial charge in [-0.3, -0.25) is 4.79 Å². The summed E-state index contributed by atoms with van der Waals surface area (Å²) in [4.78, 5) is 13.9. The molecule has 2 N–H and O–H groups in total. The Kier molecular flexibility index (Phi) is 4.15. The van der Waals surface area contributed by atoms with Crippen molar-refractivity contribution in [3.8, 4) is 0 Å². The van der Waals surface area contributed by atoms with Gasteiger partial charge in [-0.2, -0.15) is 0 Å². The fourth-order valence-corrected chi connectivity index (χ4v) is 2.26. The third-order valence-corrected chi connectivity index (χ3v) is 3.32. The average molecular weight is 232 g/mol. The number of hydrogen-bond acceptors (Lipinski definition) is 2. The SMILES string of the molecule is N[C@@H](CCc1ccccc1)C(=O)N1CCCC1. The quantitative estimate of drug-likeness (QED) is 0.856. The lowest BCUT2D eigenvalue weighted by molar-refractivity contribution is -0.131. The number of likely N-dealkylation sites (tertiary alicyclic amines) is 1. The van der Waals surface area contributed by atoms with Crippen LogP contribution in [0.4, 0.5) is 0 Å². The Labute approximate surface area is 103 Å². The maximum Gasteiger partial charge on any atom is 0.239 e. The van der Waals surface area contributed by atoms with Crippen molar-refractivity contribution >= 4 is 5.91 Å². The molecule has 1 aromatic carbocycles. The lowest BCUT2D eigenvalue weighted by Crippen LogP contribution is -2.42. The monoisotopic (exact) mass is 232 g/mol. The highest BCUT2D eigenvalue weighted by molar-refractivity contribution is 5.81. The fourth-order valence-electron chi connectivity index (χ4n) is 2.26. The van der Waals surface area contributed by atoms with Crippen molar-refractivity contribution < 1.29 is 4.79 Å². The van der Waals surface area contributed by atoms with E-state index in [0.717, 1.165) is 38.8 Å². The van der Waals surface area contributed by atoms with Gasteiger partial charge in [0.2, 0.25) is 5.91 Å². The van der Waals surface area contributed by atoms with E-state index in [2.05, 4.69) is 12.1 Å². The van der Waals surface area contributed by atoms with Crippen LogP contribution in [0.25, 0.3) is 0 Å². The minimum Gasteiger partial charge on any atom is -0.341 e. The van der Waals surface area contributed by atoms with Crippen LogP contribution >= 0.6 is 0 Å². The number of nitrogens with two attached hydrogens (primary N) is 1. The van der Waals surface area contributed by atoms with Crippen LogP contribution in [0.1, 0.15) is 24.8 Å². The van der Waals surface area contributed by atoms with E-state index in [4.69, 9.17) is 5.73 Å². The molecule has 17 heavy (non-hydrogen) atoms. The summed E-state index contributed by atoms with van der Waals surface area (Å²) in [5, 5.41) is 0. The standard InChI is InChI=1S/C14H20N2O/c15-13(14(17)16-10-4-5-11-16)9-8-12-6-2-1-3-7-12/h1-3,6-7,13H,4-5,8-11,15H2/t13-/m0/s1. The largest absolute Gasteiger partial charge is 0.341 e. The predicted octanol–water partition coefficient (Wildman–Crippen LogP) is 1.57. The maximum absolute atomic E-state index is 12.0. The number of nitrogens with zero attached hydrogens (tertiary/aromatic N) is 1. The Balaban J connectivity index is 1.80. The zero-order chi connectivity index (χ0) is 12.1. The van der Waals surface area contributed by atoms with E-state index >= 15 is 0 Å². The highest BCUT2D eigenvalue weighted by Gasteiger charge is 2.23. The number of rotatable bonds is 4. The first-order valence-corrected chi connectivity index (χ1v) is 6.35. The summed E-state index contributed by atoms with van der Waals surface area (Å²) in [7, 11) is 0. The molecule has 3 heteroatoms. The molecule has 0 aliphatic carbocycles. The summed E-state index contributed by atoms with van der Waals surface area (Å²) in [6.45, 7) is 1.77. The average Bonchev–Trinajstić information content (AvgIpc) is 2.90. The zero-order valence-corrected chi connectivity index (χ0v) is 10.1. The van der Waals surface area contributed by atoms with Gasteiger partial charge in [-0.15, -0.1) is 0 Å². The number of hydrogen-bond donors (Lipinski definition) is 1. The lowest BCUT2D eigenvalue weighted by Gasteiger charge is -2.20. The van der Waals surface area contributed by atoms with Gasteiger partial charge >= 0.3 is 0 Å². The van der Waals surface area contributed by atoms with Gasteiger partial charge in [0.15, 0.2) is 0 Å². The first-order valence-electron chi connectivity index (χ1n) is 6.35. The van der Waals surface area contributed by atoms with Crippen LogP contribution in [0.5, 0.6) is 0 Å². The minimum atomic E-state index is -0.340. The molecule has 0 bridgehead atoms. The molecule has 92 valence electrons. The number of carbonyl (C=O) groups excluding carboxylic acids is 1. The predicted molar refractivity (Wildman–Crippen MR) is 68.6 cm³/mol. The van der Waals surface area contributed by atoms with E-state index in [0.29, 0.717) is 0 Å². The molecular weight excluding hydrogens is 212 g/mol. The smallest absolute Gasteiger partial charge is 0.239 e. The molecular formula is C14H20N2O. The molecule has 1 heterocycles. The van der Waals surface area contributed by atoms with Gasteiger partial charge in [-0.05, 0) is 31.2 Å². The second-order valence-corrected chi connectivity index (χ2v) is 4.66. The van der Waals surface area contributed by atoms with Crippen molar-refractivity contribution in [2.24, 2.45) is 5.73 Å². The molecule has 0 saturated carbocycles.